The number of aromatic nitrogens is 1. The molecule has 1 aromatic rings. The molecule has 0 spiro atoms. The van der Waals surface area contributed by atoms with E-state index in [4.69, 9.17) is 0 Å². The summed E-state index contributed by atoms with van der Waals surface area (Å²) in [6.45, 7) is 1.11. The molecule has 0 aliphatic carbocycles. The van der Waals surface area contributed by atoms with Crippen molar-refractivity contribution < 1.29 is 0 Å². The van der Waals surface area contributed by atoms with Gasteiger partial charge in [0.15, 0.2) is 0 Å². The molecule has 1 rings (SSSR count). The molecule has 0 saturated carbocycles. The molecule has 3 heteroatoms. The van der Waals surface area contributed by atoms with Crippen molar-refractivity contribution in [1.29, 1.82) is 0 Å². The molecule has 0 aliphatic heterocycles. The maximum atomic E-state index is 4.05. The third-order valence-electron chi connectivity index (χ3n) is 0.743. The Morgan fingerprint density at radius 3 is 2.75 bits per heavy atom. The van der Waals surface area contributed by atoms with Gasteiger partial charge in [-0.1, -0.05) is 0 Å². The van der Waals surface area contributed by atoms with E-state index in [1.165, 1.54) is 0 Å². The van der Waals surface area contributed by atoms with E-state index in [9.17, 15) is 0 Å². The predicted octanol–water partition coefficient (Wildman–Crippen LogP) is 0.737. The number of nitrogens with zero attached hydrogens (tertiary/aromatic N) is 1. The molecule has 0 saturated heterocycles. The summed E-state index contributed by atoms with van der Waals surface area (Å²) in [5.41, 5.74) is 1.08. The molecule has 0 atom stereocenters. The van der Waals surface area contributed by atoms with Crippen molar-refractivity contribution in [3.63, 3.8) is 0 Å². The third kappa shape index (κ3) is 1.48. The zero-order chi connectivity index (χ0) is 5.82. The predicted molar refractivity (Wildman–Crippen MR) is 36.5 cm³/mol. The van der Waals surface area contributed by atoms with Crippen LogP contribution in [0.25, 0.3) is 0 Å². The Labute approximate surface area is 57.2 Å². The summed E-state index contributed by atoms with van der Waals surface area (Å²) in [4.78, 5) is 4.05. The molecular weight excluding hydrogens is 184 g/mol. The van der Waals surface area contributed by atoms with Crippen LogP contribution in [0, 0.1) is 0 Å². The first-order valence-corrected chi connectivity index (χ1v) is 5.29. The zero-order valence-corrected chi connectivity index (χ0v) is 6.72. The van der Waals surface area contributed by atoms with Gasteiger partial charge in [-0.2, -0.15) is 0 Å². The monoisotopic (exact) mass is 189 g/mol. The number of hydrogen-bond donors (Lipinski definition) is 0. The Balaban J connectivity index is 2.99. The summed E-state index contributed by atoms with van der Waals surface area (Å²) >= 11 is 2.87. The van der Waals surface area contributed by atoms with Crippen LogP contribution in [0.15, 0.2) is 24.4 Å². The van der Waals surface area contributed by atoms with Gasteiger partial charge in [-0.3, -0.25) is 0 Å². The summed E-state index contributed by atoms with van der Waals surface area (Å²) in [6, 6.07) is 5.87. The fraction of sp³-hybridized carbons (Fsp3) is 0. The molecule has 0 aromatic carbocycles. The van der Waals surface area contributed by atoms with Crippen LogP contribution >= 0.6 is 6.83 Å². The van der Waals surface area contributed by atoms with Gasteiger partial charge in [-0.25, -0.2) is 0 Å². The molecular formula is C5H4NPSe. The molecule has 8 heavy (non-hydrogen) atoms. The Bertz CT molecular complexity index is 175. The molecule has 0 N–H and O–H groups in total. The van der Waals surface area contributed by atoms with Crippen LogP contribution in [-0.2, 0) is 0 Å². The van der Waals surface area contributed by atoms with Crippen LogP contribution in [0.5, 0.6) is 0 Å². The zero-order valence-electron chi connectivity index (χ0n) is 4.11. The fourth-order valence-electron chi connectivity index (χ4n) is 0.408. The van der Waals surface area contributed by atoms with Gasteiger partial charge in [-0.05, 0) is 0 Å². The summed E-state index contributed by atoms with van der Waals surface area (Å²) in [5.74, 6) is 0. The average Bonchev–Trinajstić information content (AvgIpc) is 1.90. The molecule has 1 heterocycles. The number of pyridine rings is 1. The van der Waals surface area contributed by atoms with Crippen LogP contribution in [0.4, 0.5) is 0 Å². The summed E-state index contributed by atoms with van der Waals surface area (Å²) in [5, 5.41) is 0. The molecule has 0 bridgehead atoms. The minimum atomic E-state index is 1.08. The molecule has 0 radical (unpaired) electrons. The van der Waals surface area contributed by atoms with E-state index in [1.807, 2.05) is 18.2 Å². The molecule has 40 valence electrons. The Morgan fingerprint density at radius 2 is 2.38 bits per heavy atom. The Morgan fingerprint density at radius 1 is 1.50 bits per heavy atom. The van der Waals surface area contributed by atoms with E-state index in [-0.39, 0.29) is 0 Å². The summed E-state index contributed by atoms with van der Waals surface area (Å²) in [7, 11) is 0. The second-order valence-corrected chi connectivity index (χ2v) is 3.07. The molecule has 0 fully saturated rings. The van der Waals surface area contributed by atoms with Crippen LogP contribution in [0.2, 0.25) is 0 Å². The summed E-state index contributed by atoms with van der Waals surface area (Å²) < 4.78 is 0. The van der Waals surface area contributed by atoms with Crippen molar-refractivity contribution in [1.82, 2.24) is 4.98 Å². The molecule has 0 amide bonds. The van der Waals surface area contributed by atoms with E-state index in [0.29, 0.717) is 0 Å². The second kappa shape index (κ2) is 3.09. The normalized spacial score (nSPS) is 9.50. The van der Waals surface area contributed by atoms with Crippen LogP contribution in [-0.4, -0.2) is 20.1 Å². The van der Waals surface area contributed by atoms with Gasteiger partial charge < -0.3 is 0 Å². The van der Waals surface area contributed by atoms with Gasteiger partial charge in [0.05, 0.1) is 0 Å². The quantitative estimate of drug-likeness (QED) is 0.467. The molecule has 1 aromatic heterocycles. The Kier molecular flexibility index (Phi) is 2.35. The number of rotatable bonds is 1. The third-order valence-corrected chi connectivity index (χ3v) is 2.37. The van der Waals surface area contributed by atoms with Gasteiger partial charge in [-0.15, -0.1) is 0 Å². The summed E-state index contributed by atoms with van der Waals surface area (Å²) in [6.07, 6.45) is 1.79. The van der Waals surface area contributed by atoms with Gasteiger partial charge in [0, 0.05) is 0 Å². The SMILES string of the molecule is [Se]=Pc1ccccn1. The maximum absolute atomic E-state index is 4.05. The van der Waals surface area contributed by atoms with Crippen LogP contribution in [0.1, 0.15) is 0 Å². The van der Waals surface area contributed by atoms with E-state index < -0.39 is 0 Å². The van der Waals surface area contributed by atoms with Gasteiger partial charge in [0.2, 0.25) is 0 Å². The topological polar surface area (TPSA) is 12.9 Å². The van der Waals surface area contributed by atoms with Crippen molar-refractivity contribution in [2.45, 2.75) is 0 Å². The fourth-order valence-corrected chi connectivity index (χ4v) is 1.35. The van der Waals surface area contributed by atoms with Gasteiger partial charge in [0.1, 0.15) is 0 Å². The van der Waals surface area contributed by atoms with Crippen LogP contribution < -0.4 is 5.44 Å². The first-order valence-electron chi connectivity index (χ1n) is 2.18. The van der Waals surface area contributed by atoms with Crippen molar-refractivity contribution >= 4 is 27.4 Å². The minimum absolute atomic E-state index is 1.08. The molecule has 1 nitrogen and oxygen atoms in total. The van der Waals surface area contributed by atoms with Gasteiger partial charge in [0.25, 0.3) is 0 Å². The first-order chi connectivity index (χ1) is 3.93. The van der Waals surface area contributed by atoms with Crippen molar-refractivity contribution in [2.75, 3.05) is 0 Å². The number of hydrogen-bond acceptors (Lipinski definition) is 1. The van der Waals surface area contributed by atoms with E-state index >= 15 is 0 Å². The van der Waals surface area contributed by atoms with E-state index in [1.54, 1.807) is 6.20 Å². The van der Waals surface area contributed by atoms with Crippen LogP contribution in [0.3, 0.4) is 0 Å². The van der Waals surface area contributed by atoms with Crippen molar-refractivity contribution in [3.8, 4) is 0 Å². The Hall–Kier alpha value is -0.0305. The second-order valence-electron chi connectivity index (χ2n) is 1.28. The van der Waals surface area contributed by atoms with E-state index in [0.717, 1.165) is 12.3 Å². The standard InChI is InChI=1S/C5H4NPSe/c8-7-5-3-1-2-4-6-5/h1-4H. The van der Waals surface area contributed by atoms with E-state index in [2.05, 4.69) is 20.1 Å². The van der Waals surface area contributed by atoms with Gasteiger partial charge >= 0.3 is 56.7 Å². The molecule has 0 unspecified atom stereocenters. The molecule has 0 aliphatic rings. The average molecular weight is 188 g/mol. The van der Waals surface area contributed by atoms with Crippen molar-refractivity contribution in [3.05, 3.63) is 24.4 Å². The van der Waals surface area contributed by atoms with Crippen molar-refractivity contribution in [2.24, 2.45) is 0 Å². The first kappa shape index (κ1) is 6.09.